The summed E-state index contributed by atoms with van der Waals surface area (Å²) in [6.07, 6.45) is -0.645. The highest BCUT2D eigenvalue weighted by atomic mass is 31.2. The van der Waals surface area contributed by atoms with E-state index < -0.39 is 61.7 Å². The van der Waals surface area contributed by atoms with Gasteiger partial charge < -0.3 is 24.2 Å². The van der Waals surface area contributed by atoms with Crippen LogP contribution < -0.4 is 20.9 Å². The summed E-state index contributed by atoms with van der Waals surface area (Å²) in [6, 6.07) is 12.4. The minimum atomic E-state index is -4.37. The molecule has 0 radical (unpaired) electrons. The number of nitrogens with zero attached hydrogens (tertiary/aromatic N) is 1. The van der Waals surface area contributed by atoms with Crippen molar-refractivity contribution in [2.24, 2.45) is 0 Å². The molecule has 42 heavy (non-hydrogen) atoms. The molecule has 1 aliphatic rings. The van der Waals surface area contributed by atoms with Gasteiger partial charge in [0.15, 0.2) is 6.23 Å². The molecule has 1 aromatic heterocycles. The van der Waals surface area contributed by atoms with Gasteiger partial charge in [-0.3, -0.25) is 23.7 Å². The predicted octanol–water partition coefficient (Wildman–Crippen LogP) is 2.61. The number of nitrogens with one attached hydrogen (secondary N) is 2. The average molecular weight is 606 g/mol. The van der Waals surface area contributed by atoms with Crippen molar-refractivity contribution >= 4 is 24.5 Å². The number of carbonyl (C=O) groups excluding carboxylic acids is 1. The molecule has 3 aromatic rings. The maximum atomic E-state index is 14.1. The Labute approximate surface area is 242 Å². The number of esters is 1. The van der Waals surface area contributed by atoms with Crippen LogP contribution in [-0.2, 0) is 23.4 Å². The summed E-state index contributed by atoms with van der Waals surface area (Å²) < 4.78 is 37.7. The first-order valence-corrected chi connectivity index (χ1v) is 15.2. The van der Waals surface area contributed by atoms with E-state index in [1.807, 2.05) is 25.1 Å². The van der Waals surface area contributed by atoms with E-state index in [0.717, 1.165) is 35.1 Å². The molecule has 4 rings (SSSR count). The largest absolute Gasteiger partial charge is 0.465 e. The van der Waals surface area contributed by atoms with Crippen molar-refractivity contribution in [1.29, 1.82) is 0 Å². The Morgan fingerprint density at radius 1 is 1.19 bits per heavy atom. The zero-order chi connectivity index (χ0) is 30.5. The van der Waals surface area contributed by atoms with Gasteiger partial charge >= 0.3 is 19.4 Å². The molecule has 0 saturated carbocycles. The Bertz CT molecular complexity index is 1550. The normalized spacial score (nSPS) is 24.3. The number of benzene rings is 2. The van der Waals surface area contributed by atoms with E-state index in [4.69, 9.17) is 18.5 Å². The fourth-order valence-corrected chi connectivity index (χ4v) is 6.12. The summed E-state index contributed by atoms with van der Waals surface area (Å²) in [5, 5.41) is 25.9. The molecule has 2 heterocycles. The van der Waals surface area contributed by atoms with Gasteiger partial charge in [-0.1, -0.05) is 56.2 Å². The monoisotopic (exact) mass is 605 g/mol. The van der Waals surface area contributed by atoms with E-state index >= 15 is 0 Å². The van der Waals surface area contributed by atoms with Gasteiger partial charge in [-0.2, -0.15) is 5.09 Å². The lowest BCUT2D eigenvalue weighted by molar-refractivity contribution is -0.145. The minimum Gasteiger partial charge on any atom is -0.465 e. The summed E-state index contributed by atoms with van der Waals surface area (Å²) in [6.45, 7) is 4.36. The summed E-state index contributed by atoms with van der Waals surface area (Å²) in [5.74, 6) is -0.445. The minimum absolute atomic E-state index is 0.205. The number of unbranched alkanes of at least 4 members (excludes halogenated alkanes) is 2. The highest BCUT2D eigenvalue weighted by molar-refractivity contribution is 7.52. The number of hydrogen-bond acceptors (Lipinski definition) is 10. The highest BCUT2D eigenvalue weighted by Gasteiger charge is 2.54. The van der Waals surface area contributed by atoms with Crippen LogP contribution >= 0.6 is 7.75 Å². The molecule has 2 aromatic carbocycles. The SMILES string of the molecule is CCCCCOC(=O)C(C)NP(=O)(OCC1OC(n2ccc(=O)[nH]c2=O)C(C)(O)C1O)Oc1cccc2ccccc12. The third kappa shape index (κ3) is 7.17. The van der Waals surface area contributed by atoms with Crippen molar-refractivity contribution in [3.63, 3.8) is 0 Å². The summed E-state index contributed by atoms with van der Waals surface area (Å²) in [4.78, 5) is 38.5. The number of H-pyrrole nitrogens is 1. The fourth-order valence-electron chi connectivity index (χ4n) is 4.60. The smallest absolute Gasteiger partial charge is 0.459 e. The molecule has 0 spiro atoms. The molecule has 0 aliphatic carbocycles. The summed E-state index contributed by atoms with van der Waals surface area (Å²) in [5.41, 5.74) is -3.51. The molecule has 1 saturated heterocycles. The Hall–Kier alpha value is -3.32. The third-order valence-corrected chi connectivity index (χ3v) is 8.56. The lowest BCUT2D eigenvalue weighted by Crippen LogP contribution is -2.47. The number of fused-ring (bicyclic) bond motifs is 1. The van der Waals surface area contributed by atoms with Gasteiger partial charge in [0, 0.05) is 17.6 Å². The maximum absolute atomic E-state index is 14.1. The molecular weight excluding hydrogens is 569 g/mol. The zero-order valence-corrected chi connectivity index (χ0v) is 24.5. The highest BCUT2D eigenvalue weighted by Crippen LogP contribution is 2.48. The number of aliphatic hydroxyl groups excluding tert-OH is 1. The van der Waals surface area contributed by atoms with Crippen molar-refractivity contribution in [1.82, 2.24) is 14.6 Å². The molecule has 1 fully saturated rings. The van der Waals surface area contributed by atoms with Gasteiger partial charge in [0.1, 0.15) is 29.6 Å². The zero-order valence-electron chi connectivity index (χ0n) is 23.6. The van der Waals surface area contributed by atoms with Gasteiger partial charge in [0.25, 0.3) is 5.56 Å². The number of ether oxygens (including phenoxy) is 2. The van der Waals surface area contributed by atoms with Crippen LogP contribution in [0.3, 0.4) is 0 Å². The quantitative estimate of drug-likeness (QED) is 0.128. The predicted molar refractivity (Wildman–Crippen MR) is 153 cm³/mol. The number of rotatable bonds is 13. The lowest BCUT2D eigenvalue weighted by atomic mass is 9.96. The van der Waals surface area contributed by atoms with Gasteiger partial charge in [-0.25, -0.2) is 9.36 Å². The average Bonchev–Trinajstić information content (AvgIpc) is 3.18. The fraction of sp³-hybridized carbons (Fsp3) is 0.464. The molecule has 0 amide bonds. The van der Waals surface area contributed by atoms with Crippen molar-refractivity contribution in [3.8, 4) is 5.75 Å². The first-order valence-electron chi connectivity index (χ1n) is 13.7. The third-order valence-electron chi connectivity index (χ3n) is 6.93. The van der Waals surface area contributed by atoms with Crippen LogP contribution in [0.15, 0.2) is 64.3 Å². The van der Waals surface area contributed by atoms with Crippen LogP contribution in [0.2, 0.25) is 0 Å². The topological polar surface area (TPSA) is 178 Å². The van der Waals surface area contributed by atoms with Gasteiger partial charge in [-0.05, 0) is 31.7 Å². The molecule has 228 valence electrons. The van der Waals surface area contributed by atoms with E-state index in [1.54, 1.807) is 24.3 Å². The van der Waals surface area contributed by atoms with Gasteiger partial charge in [-0.15, -0.1) is 0 Å². The van der Waals surface area contributed by atoms with E-state index in [-0.39, 0.29) is 12.4 Å². The Morgan fingerprint density at radius 2 is 1.93 bits per heavy atom. The number of aromatic nitrogens is 2. The van der Waals surface area contributed by atoms with Crippen LogP contribution in [0.4, 0.5) is 0 Å². The van der Waals surface area contributed by atoms with E-state index in [0.29, 0.717) is 11.8 Å². The van der Waals surface area contributed by atoms with Crippen molar-refractivity contribution < 1.29 is 38.1 Å². The van der Waals surface area contributed by atoms with Crippen molar-refractivity contribution in [3.05, 3.63) is 75.6 Å². The molecule has 14 heteroatoms. The van der Waals surface area contributed by atoms with Crippen LogP contribution in [0.25, 0.3) is 10.8 Å². The Balaban J connectivity index is 1.56. The number of hydrogen-bond donors (Lipinski definition) is 4. The van der Waals surface area contributed by atoms with Gasteiger partial charge in [0.05, 0.1) is 13.2 Å². The maximum Gasteiger partial charge on any atom is 0.459 e. The number of aliphatic hydroxyl groups is 2. The number of aromatic amines is 1. The molecule has 1 aliphatic heterocycles. The van der Waals surface area contributed by atoms with Gasteiger partial charge in [0.2, 0.25) is 0 Å². The van der Waals surface area contributed by atoms with Crippen molar-refractivity contribution in [2.75, 3.05) is 13.2 Å². The van der Waals surface area contributed by atoms with Crippen LogP contribution in [0, 0.1) is 0 Å². The molecule has 13 nitrogen and oxygen atoms in total. The lowest BCUT2D eigenvalue weighted by Gasteiger charge is -2.27. The molecule has 0 bridgehead atoms. The molecule has 6 atom stereocenters. The molecular formula is C28H36N3O10P. The van der Waals surface area contributed by atoms with E-state index in [1.165, 1.54) is 13.8 Å². The summed E-state index contributed by atoms with van der Waals surface area (Å²) >= 11 is 0. The Morgan fingerprint density at radius 3 is 2.67 bits per heavy atom. The number of carbonyl (C=O) groups is 1. The van der Waals surface area contributed by atoms with Crippen molar-refractivity contribution in [2.45, 2.75) is 70.1 Å². The van der Waals surface area contributed by atoms with Crippen LogP contribution in [-0.4, -0.2) is 62.8 Å². The first kappa shape index (κ1) is 31.6. The second-order valence-electron chi connectivity index (χ2n) is 10.3. The summed E-state index contributed by atoms with van der Waals surface area (Å²) in [7, 11) is -4.37. The molecule has 4 N–H and O–H groups in total. The van der Waals surface area contributed by atoms with E-state index in [9.17, 15) is 29.2 Å². The first-order chi connectivity index (χ1) is 19.9. The second-order valence-corrected chi connectivity index (χ2v) is 12.0. The molecule has 6 unspecified atom stereocenters. The second kappa shape index (κ2) is 13.3. The van der Waals surface area contributed by atoms with E-state index in [2.05, 4.69) is 10.1 Å². The van der Waals surface area contributed by atoms with Crippen LogP contribution in [0.5, 0.6) is 5.75 Å². The van der Waals surface area contributed by atoms with Crippen LogP contribution in [0.1, 0.15) is 46.3 Å². The standard InChI is InChI=1S/C28H36N3O10P/c1-4-5-8-16-38-25(34)18(2)30-42(37,41-21-13-9-11-19-10-6-7-12-20(19)21)39-17-22-24(33)28(3,36)26(40-22)31-15-14-23(32)29-27(31)35/h6-7,9-15,18,22,24,26,33,36H,4-5,8,16-17H2,1-3H3,(H,30,37)(H,29,32,35). The Kier molecular flexibility index (Phi) is 10.0.